The minimum Gasteiger partial charge on any atom is -0.345 e. The molecule has 0 bridgehead atoms. The van der Waals surface area contributed by atoms with Crippen LogP contribution in [0.4, 0.5) is 4.39 Å². The summed E-state index contributed by atoms with van der Waals surface area (Å²) in [6.45, 7) is 1.88. The number of likely N-dealkylation sites (N-methyl/N-ethyl adjacent to an activating group) is 1. The molecule has 1 aromatic heterocycles. The average molecular weight is 292 g/mol. The van der Waals surface area contributed by atoms with Gasteiger partial charge in [0.15, 0.2) is 5.69 Å². The Balaban J connectivity index is 1.91. The van der Waals surface area contributed by atoms with E-state index in [0.717, 1.165) is 12.1 Å². The van der Waals surface area contributed by atoms with Gasteiger partial charge in [0, 0.05) is 0 Å². The Morgan fingerprint density at radius 2 is 2.05 bits per heavy atom. The monoisotopic (exact) mass is 292 g/mol. The van der Waals surface area contributed by atoms with E-state index >= 15 is 0 Å². The Labute approximate surface area is 122 Å². The first-order valence-corrected chi connectivity index (χ1v) is 6.76. The third kappa shape index (κ3) is 4.64. The van der Waals surface area contributed by atoms with Crippen LogP contribution in [0.15, 0.2) is 30.5 Å². The lowest BCUT2D eigenvalue weighted by Crippen LogP contribution is -3.06. The topological polar surface area (TPSA) is 64.2 Å². The molecule has 0 atom stereocenters. The zero-order chi connectivity index (χ0) is 15.2. The molecule has 21 heavy (non-hydrogen) atoms. The molecular weight excluding hydrogens is 273 g/mol. The Morgan fingerprint density at radius 3 is 2.71 bits per heavy atom. The molecule has 0 aliphatic heterocycles. The first-order chi connectivity index (χ1) is 10.0. The zero-order valence-electron chi connectivity index (χ0n) is 12.1. The standard InChI is InChI=1S/C14H18FN5O/c1-19(2)8-7-16-14(21)13-10-20(18-17-13)9-11-3-5-12(15)6-4-11/h3-6,10H,7-9H2,1-2H3,(H,16,21)/p+1. The van der Waals surface area contributed by atoms with E-state index in [-0.39, 0.29) is 17.4 Å². The normalized spacial score (nSPS) is 10.9. The van der Waals surface area contributed by atoms with Gasteiger partial charge in [-0.05, 0) is 17.7 Å². The fourth-order valence-corrected chi connectivity index (χ4v) is 1.77. The quantitative estimate of drug-likeness (QED) is 0.743. The molecule has 2 rings (SSSR count). The highest BCUT2D eigenvalue weighted by Gasteiger charge is 2.10. The number of carbonyl (C=O) groups is 1. The number of carbonyl (C=O) groups excluding carboxylic acids is 1. The van der Waals surface area contributed by atoms with E-state index in [1.54, 1.807) is 23.0 Å². The highest BCUT2D eigenvalue weighted by molar-refractivity contribution is 5.91. The second-order valence-corrected chi connectivity index (χ2v) is 5.14. The Morgan fingerprint density at radius 1 is 1.33 bits per heavy atom. The zero-order valence-corrected chi connectivity index (χ0v) is 12.1. The van der Waals surface area contributed by atoms with Crippen LogP contribution in [0.25, 0.3) is 0 Å². The molecule has 0 aliphatic rings. The first-order valence-electron chi connectivity index (χ1n) is 6.76. The van der Waals surface area contributed by atoms with E-state index in [1.807, 2.05) is 14.1 Å². The molecule has 0 fully saturated rings. The number of hydrogen-bond acceptors (Lipinski definition) is 3. The summed E-state index contributed by atoms with van der Waals surface area (Å²) in [4.78, 5) is 13.1. The van der Waals surface area contributed by atoms with Gasteiger partial charge in [0.05, 0.1) is 39.9 Å². The molecule has 2 N–H and O–H groups in total. The van der Waals surface area contributed by atoms with Crippen LogP contribution in [-0.2, 0) is 6.54 Å². The number of amides is 1. The van der Waals surface area contributed by atoms with Crippen molar-refractivity contribution < 1.29 is 14.1 Å². The molecule has 0 radical (unpaired) electrons. The molecule has 2 aromatic rings. The highest BCUT2D eigenvalue weighted by atomic mass is 19.1. The Bertz CT molecular complexity index is 594. The van der Waals surface area contributed by atoms with Crippen molar-refractivity contribution in [3.05, 3.63) is 47.5 Å². The Hall–Kier alpha value is -2.28. The summed E-state index contributed by atoms with van der Waals surface area (Å²) >= 11 is 0. The third-order valence-electron chi connectivity index (χ3n) is 2.94. The second kappa shape index (κ2) is 6.94. The third-order valence-corrected chi connectivity index (χ3v) is 2.94. The molecule has 112 valence electrons. The smallest absolute Gasteiger partial charge is 0.273 e. The van der Waals surface area contributed by atoms with Crippen molar-refractivity contribution in [2.24, 2.45) is 0 Å². The molecule has 7 heteroatoms. The van der Waals surface area contributed by atoms with Crippen molar-refractivity contribution >= 4 is 5.91 Å². The summed E-state index contributed by atoms with van der Waals surface area (Å²) < 4.78 is 14.4. The molecule has 0 spiro atoms. The molecule has 0 aliphatic carbocycles. The van der Waals surface area contributed by atoms with Gasteiger partial charge in [0.25, 0.3) is 5.91 Å². The summed E-state index contributed by atoms with van der Waals surface area (Å²) in [5.41, 5.74) is 1.18. The van der Waals surface area contributed by atoms with E-state index in [4.69, 9.17) is 0 Å². The van der Waals surface area contributed by atoms with Crippen LogP contribution >= 0.6 is 0 Å². The number of benzene rings is 1. The van der Waals surface area contributed by atoms with E-state index in [1.165, 1.54) is 17.0 Å². The predicted octanol–water partition coefficient (Wildman–Crippen LogP) is -0.660. The SMILES string of the molecule is C[NH+](C)CCNC(=O)c1cn(Cc2ccc(F)cc2)nn1. The number of hydrogen-bond donors (Lipinski definition) is 2. The molecular formula is C14H19FN5O+. The van der Waals surface area contributed by atoms with Gasteiger partial charge in [-0.1, -0.05) is 17.3 Å². The average Bonchev–Trinajstić information content (AvgIpc) is 2.89. The van der Waals surface area contributed by atoms with Crippen molar-refractivity contribution in [1.29, 1.82) is 0 Å². The maximum Gasteiger partial charge on any atom is 0.273 e. The fraction of sp³-hybridized carbons (Fsp3) is 0.357. The van der Waals surface area contributed by atoms with Crippen LogP contribution in [0, 0.1) is 5.82 Å². The van der Waals surface area contributed by atoms with Gasteiger partial charge in [-0.15, -0.1) is 5.10 Å². The maximum absolute atomic E-state index is 12.8. The van der Waals surface area contributed by atoms with Gasteiger partial charge in [0.2, 0.25) is 0 Å². The van der Waals surface area contributed by atoms with Crippen LogP contribution in [0.5, 0.6) is 0 Å². The maximum atomic E-state index is 12.8. The number of quaternary nitrogens is 1. The fourth-order valence-electron chi connectivity index (χ4n) is 1.77. The van der Waals surface area contributed by atoms with Gasteiger partial charge in [-0.25, -0.2) is 9.07 Å². The summed E-state index contributed by atoms with van der Waals surface area (Å²) in [6.07, 6.45) is 1.58. The largest absolute Gasteiger partial charge is 0.345 e. The van der Waals surface area contributed by atoms with Crippen molar-refractivity contribution in [1.82, 2.24) is 20.3 Å². The summed E-state index contributed by atoms with van der Waals surface area (Å²) in [5, 5.41) is 10.5. The number of halogens is 1. The van der Waals surface area contributed by atoms with Crippen molar-refractivity contribution in [2.45, 2.75) is 6.54 Å². The van der Waals surface area contributed by atoms with Crippen molar-refractivity contribution in [3.63, 3.8) is 0 Å². The minimum atomic E-state index is -0.277. The molecule has 1 aromatic carbocycles. The molecule has 1 heterocycles. The van der Waals surface area contributed by atoms with Crippen LogP contribution < -0.4 is 10.2 Å². The lowest BCUT2D eigenvalue weighted by atomic mass is 10.2. The number of nitrogens with one attached hydrogen (secondary N) is 2. The van der Waals surface area contributed by atoms with Gasteiger partial charge in [0.1, 0.15) is 5.82 Å². The Kier molecular flexibility index (Phi) is 4.99. The molecule has 6 nitrogen and oxygen atoms in total. The van der Waals surface area contributed by atoms with Gasteiger partial charge >= 0.3 is 0 Å². The summed E-state index contributed by atoms with van der Waals surface area (Å²) in [6, 6.07) is 6.14. The highest BCUT2D eigenvalue weighted by Crippen LogP contribution is 2.05. The summed E-state index contributed by atoms with van der Waals surface area (Å²) in [5.74, 6) is -0.512. The van der Waals surface area contributed by atoms with Crippen molar-refractivity contribution in [3.8, 4) is 0 Å². The molecule has 0 saturated heterocycles. The van der Waals surface area contributed by atoms with Crippen molar-refractivity contribution in [2.75, 3.05) is 27.2 Å². The number of rotatable bonds is 6. The van der Waals surface area contributed by atoms with Gasteiger partial charge in [-0.3, -0.25) is 4.79 Å². The van der Waals surface area contributed by atoms with E-state index in [0.29, 0.717) is 13.1 Å². The van der Waals surface area contributed by atoms with Crippen LogP contribution in [0.3, 0.4) is 0 Å². The van der Waals surface area contributed by atoms with Gasteiger partial charge in [-0.2, -0.15) is 0 Å². The van der Waals surface area contributed by atoms with Crippen LogP contribution in [-0.4, -0.2) is 48.1 Å². The first kappa shape index (κ1) is 15.1. The van der Waals surface area contributed by atoms with Gasteiger partial charge < -0.3 is 10.2 Å². The predicted molar refractivity (Wildman–Crippen MR) is 75.5 cm³/mol. The van der Waals surface area contributed by atoms with E-state index < -0.39 is 0 Å². The lowest BCUT2D eigenvalue weighted by molar-refractivity contribution is -0.856. The second-order valence-electron chi connectivity index (χ2n) is 5.14. The molecule has 1 amide bonds. The molecule has 0 unspecified atom stereocenters. The number of aromatic nitrogens is 3. The van der Waals surface area contributed by atoms with Crippen LogP contribution in [0.2, 0.25) is 0 Å². The minimum absolute atomic E-state index is 0.235. The van der Waals surface area contributed by atoms with E-state index in [2.05, 4.69) is 15.6 Å². The summed E-state index contributed by atoms with van der Waals surface area (Å²) in [7, 11) is 4.04. The number of nitrogens with zero attached hydrogens (tertiary/aromatic N) is 3. The lowest BCUT2D eigenvalue weighted by Gasteiger charge is -2.06. The van der Waals surface area contributed by atoms with E-state index in [9.17, 15) is 9.18 Å². The molecule has 0 saturated carbocycles. The van der Waals surface area contributed by atoms with Crippen LogP contribution in [0.1, 0.15) is 16.1 Å².